The number of hydrogen-bond donors (Lipinski definition) is 0. The topological polar surface area (TPSA) is 38.4 Å². The number of nitrogens with zero attached hydrogens (tertiary/aromatic N) is 2. The molecule has 4 unspecified atom stereocenters. The maximum absolute atomic E-state index is 12.0. The van der Waals surface area contributed by atoms with E-state index in [1.165, 1.54) is 25.0 Å². The van der Waals surface area contributed by atoms with Crippen LogP contribution in [0.2, 0.25) is 0 Å². The van der Waals surface area contributed by atoms with E-state index >= 15 is 0 Å². The molecule has 0 saturated heterocycles. The van der Waals surface area contributed by atoms with E-state index in [-0.39, 0.29) is 11.8 Å². The molecule has 88 valence electrons. The Balaban J connectivity index is 2.01. The van der Waals surface area contributed by atoms with Crippen molar-refractivity contribution in [2.45, 2.75) is 52.0 Å². The van der Waals surface area contributed by atoms with Gasteiger partial charge in [-0.3, -0.25) is 0 Å². The van der Waals surface area contributed by atoms with Crippen LogP contribution in [0.25, 0.3) is 0 Å². The molecule has 3 heteroatoms. The normalized spacial score (nSPS) is 40.1. The molecule has 2 aliphatic carbocycles. The van der Waals surface area contributed by atoms with Crippen LogP contribution in [-0.4, -0.2) is 22.3 Å². The fourth-order valence-corrected chi connectivity index (χ4v) is 4.06. The molecule has 3 aliphatic rings. The summed E-state index contributed by atoms with van der Waals surface area (Å²) in [6, 6.07) is 0.432. The van der Waals surface area contributed by atoms with Crippen LogP contribution in [0, 0.1) is 17.8 Å². The van der Waals surface area contributed by atoms with E-state index in [0.717, 1.165) is 18.8 Å². The van der Waals surface area contributed by atoms with Gasteiger partial charge >= 0.3 is 0 Å². The predicted octanol–water partition coefficient (Wildman–Crippen LogP) is 1.36. The van der Waals surface area contributed by atoms with Crippen LogP contribution in [0.5, 0.6) is 0 Å². The van der Waals surface area contributed by atoms with Gasteiger partial charge in [0.1, 0.15) is 0 Å². The van der Waals surface area contributed by atoms with Crippen molar-refractivity contribution in [3.63, 3.8) is 0 Å². The van der Waals surface area contributed by atoms with E-state index in [1.54, 1.807) is 0 Å². The zero-order valence-electron chi connectivity index (χ0n) is 10.1. The highest BCUT2D eigenvalue weighted by Crippen LogP contribution is 2.51. The summed E-state index contributed by atoms with van der Waals surface area (Å²) in [4.78, 5) is 0. The van der Waals surface area contributed by atoms with E-state index in [0.29, 0.717) is 12.0 Å². The van der Waals surface area contributed by atoms with Crippen molar-refractivity contribution >= 4 is 11.6 Å². The highest BCUT2D eigenvalue weighted by atomic mass is 16.3. The van der Waals surface area contributed by atoms with Crippen molar-refractivity contribution in [1.82, 2.24) is 0 Å². The monoisotopic (exact) mass is 220 g/mol. The van der Waals surface area contributed by atoms with Gasteiger partial charge in [-0.1, -0.05) is 18.5 Å². The summed E-state index contributed by atoms with van der Waals surface area (Å²) < 4.78 is 2.11. The van der Waals surface area contributed by atoms with Crippen LogP contribution >= 0.6 is 0 Å². The molecule has 3 nitrogen and oxygen atoms in total. The van der Waals surface area contributed by atoms with E-state index in [2.05, 4.69) is 23.6 Å². The summed E-state index contributed by atoms with van der Waals surface area (Å²) in [5, 5.41) is 16.3. The van der Waals surface area contributed by atoms with Gasteiger partial charge in [0.25, 0.3) is 0 Å². The van der Waals surface area contributed by atoms with Crippen molar-refractivity contribution in [2.75, 3.05) is 0 Å². The van der Waals surface area contributed by atoms with Crippen LogP contribution in [0.3, 0.4) is 0 Å². The van der Waals surface area contributed by atoms with Crippen LogP contribution in [-0.2, 0) is 0 Å². The minimum absolute atomic E-state index is 0.164. The molecule has 2 saturated carbocycles. The van der Waals surface area contributed by atoms with Gasteiger partial charge in [0.05, 0.1) is 5.92 Å². The first kappa shape index (κ1) is 10.3. The first-order valence-electron chi connectivity index (χ1n) is 6.65. The van der Waals surface area contributed by atoms with Crippen molar-refractivity contribution in [2.24, 2.45) is 22.9 Å². The summed E-state index contributed by atoms with van der Waals surface area (Å²) >= 11 is 0. The fourth-order valence-electron chi connectivity index (χ4n) is 4.06. The molecule has 0 aromatic heterocycles. The first-order chi connectivity index (χ1) is 7.76. The van der Waals surface area contributed by atoms with Crippen molar-refractivity contribution in [3.8, 4) is 0 Å². The zero-order valence-corrected chi connectivity index (χ0v) is 10.1. The Kier molecular flexibility index (Phi) is 2.30. The van der Waals surface area contributed by atoms with E-state index in [1.807, 2.05) is 0 Å². The second-order valence-electron chi connectivity index (χ2n) is 5.41. The van der Waals surface area contributed by atoms with E-state index < -0.39 is 0 Å². The van der Waals surface area contributed by atoms with E-state index in [4.69, 9.17) is 0 Å². The minimum atomic E-state index is 0.164. The quantitative estimate of drug-likeness (QED) is 0.648. The molecule has 3 rings (SSSR count). The second kappa shape index (κ2) is 3.57. The molecule has 0 spiro atoms. The Labute approximate surface area is 96.9 Å². The largest absolute Gasteiger partial charge is 0.857 e. The molecule has 0 amide bonds. The maximum atomic E-state index is 12.0. The van der Waals surface area contributed by atoms with Crippen molar-refractivity contribution < 1.29 is 9.79 Å². The lowest BCUT2D eigenvalue weighted by Gasteiger charge is -2.22. The molecule has 0 N–H and O–H groups in total. The lowest BCUT2D eigenvalue weighted by atomic mass is 9.85. The SMILES string of the molecule is CCC(CC)=[N+]1N=C([O-])C2C3CCC(C3)C21. The van der Waals surface area contributed by atoms with Gasteiger partial charge < -0.3 is 5.11 Å². The van der Waals surface area contributed by atoms with E-state index in [9.17, 15) is 5.11 Å². The molecule has 16 heavy (non-hydrogen) atoms. The molecular weight excluding hydrogens is 200 g/mol. The third-order valence-electron chi connectivity index (χ3n) is 4.79. The summed E-state index contributed by atoms with van der Waals surface area (Å²) in [7, 11) is 0. The lowest BCUT2D eigenvalue weighted by molar-refractivity contribution is -0.575. The number of fused-ring (bicyclic) bond motifs is 5. The summed E-state index contributed by atoms with van der Waals surface area (Å²) in [6.45, 7) is 4.33. The third kappa shape index (κ3) is 1.20. The second-order valence-corrected chi connectivity index (χ2v) is 5.41. The zero-order chi connectivity index (χ0) is 11.3. The fraction of sp³-hybridized carbons (Fsp3) is 0.846. The Hall–Kier alpha value is -0.860. The average Bonchev–Trinajstić information content (AvgIpc) is 2.94. The van der Waals surface area contributed by atoms with Crippen molar-refractivity contribution in [3.05, 3.63) is 0 Å². The Morgan fingerprint density at radius 2 is 2.00 bits per heavy atom. The molecule has 0 aromatic rings. The van der Waals surface area contributed by atoms with Crippen LogP contribution in [0.1, 0.15) is 46.0 Å². The van der Waals surface area contributed by atoms with Gasteiger partial charge in [-0.2, -0.15) is 0 Å². The van der Waals surface area contributed by atoms with Gasteiger partial charge in [-0.15, -0.1) is 0 Å². The minimum Gasteiger partial charge on any atom is -0.857 e. The number of hydrogen-bond acceptors (Lipinski definition) is 2. The van der Waals surface area contributed by atoms with Gasteiger partial charge in [-0.05, 0) is 30.3 Å². The van der Waals surface area contributed by atoms with Gasteiger partial charge in [0.2, 0.25) is 0 Å². The molecule has 1 aliphatic heterocycles. The third-order valence-corrected chi connectivity index (χ3v) is 4.79. The Morgan fingerprint density at radius 1 is 1.31 bits per heavy atom. The predicted molar refractivity (Wildman–Crippen MR) is 61.4 cm³/mol. The molecular formula is C13H20N2O. The molecule has 1 heterocycles. The van der Waals surface area contributed by atoms with Crippen molar-refractivity contribution in [1.29, 1.82) is 0 Å². The van der Waals surface area contributed by atoms with Crippen LogP contribution in [0.4, 0.5) is 0 Å². The number of rotatable bonds is 2. The maximum Gasteiger partial charge on any atom is 0.194 e. The summed E-state index contributed by atoms with van der Waals surface area (Å²) in [6.07, 6.45) is 5.88. The van der Waals surface area contributed by atoms with Gasteiger partial charge in [0.15, 0.2) is 11.8 Å². The first-order valence-corrected chi connectivity index (χ1v) is 6.65. The Morgan fingerprint density at radius 3 is 2.69 bits per heavy atom. The molecule has 2 fully saturated rings. The Bertz CT molecular complexity index is 366. The van der Waals surface area contributed by atoms with Crippen LogP contribution in [0.15, 0.2) is 5.10 Å². The number of hydrazone groups is 1. The molecule has 0 radical (unpaired) electrons. The standard InChI is InChI=1S/C13H20N2O/c1-3-10(4-2)15-12-9-6-5-8(7-9)11(12)13(16)14-15/h8-9,11-12H,3-7H2,1-2H3. The lowest BCUT2D eigenvalue weighted by Crippen LogP contribution is -2.38. The van der Waals surface area contributed by atoms with Gasteiger partial charge in [0, 0.05) is 24.7 Å². The summed E-state index contributed by atoms with van der Waals surface area (Å²) in [5.41, 5.74) is 1.34. The highest BCUT2D eigenvalue weighted by Gasteiger charge is 2.57. The van der Waals surface area contributed by atoms with Crippen LogP contribution < -0.4 is 5.11 Å². The molecule has 2 bridgehead atoms. The highest BCUT2D eigenvalue weighted by molar-refractivity contribution is 5.82. The van der Waals surface area contributed by atoms with Gasteiger partial charge in [-0.25, -0.2) is 0 Å². The average molecular weight is 220 g/mol. The molecule has 0 aromatic carbocycles. The molecule has 4 atom stereocenters. The summed E-state index contributed by atoms with van der Waals surface area (Å²) in [5.74, 6) is 1.79. The smallest absolute Gasteiger partial charge is 0.194 e.